The molecule has 2 aromatic heterocycles. The molecule has 0 aliphatic rings. The number of hydrogen-bond acceptors (Lipinski definition) is 4. The van der Waals surface area contributed by atoms with Crippen LogP contribution in [0.4, 0.5) is 4.39 Å². The van der Waals surface area contributed by atoms with Crippen molar-refractivity contribution in [3.8, 4) is 0 Å². The maximum atomic E-state index is 13.8. The summed E-state index contributed by atoms with van der Waals surface area (Å²) in [5.74, 6) is -0.274. The van der Waals surface area contributed by atoms with Gasteiger partial charge in [0.25, 0.3) is 5.91 Å². The van der Waals surface area contributed by atoms with Gasteiger partial charge in [-0.05, 0) is 36.8 Å². The van der Waals surface area contributed by atoms with Crippen molar-refractivity contribution in [2.75, 3.05) is 6.54 Å². The van der Waals surface area contributed by atoms with Crippen LogP contribution in [0.25, 0.3) is 10.1 Å². The van der Waals surface area contributed by atoms with Gasteiger partial charge in [-0.2, -0.15) is 0 Å². The highest BCUT2D eigenvalue weighted by Gasteiger charge is 2.19. The van der Waals surface area contributed by atoms with Crippen LogP contribution in [-0.2, 0) is 0 Å². The van der Waals surface area contributed by atoms with Crippen molar-refractivity contribution in [3.05, 3.63) is 58.6 Å². The highest BCUT2D eigenvalue weighted by atomic mass is 32.1. The second-order valence-corrected chi connectivity index (χ2v) is 5.96. The largest absolute Gasteiger partial charge is 0.467 e. The number of fused-ring (bicyclic) bond motifs is 1. The number of benzene rings is 1. The zero-order chi connectivity index (χ0) is 15.7. The highest BCUT2D eigenvalue weighted by Crippen LogP contribution is 2.32. The Bertz CT molecular complexity index is 810. The Morgan fingerprint density at radius 2 is 2.23 bits per heavy atom. The summed E-state index contributed by atoms with van der Waals surface area (Å²) in [6, 6.07) is 8.08. The molecule has 1 unspecified atom stereocenters. The van der Waals surface area contributed by atoms with E-state index in [2.05, 4.69) is 5.32 Å². The molecule has 0 bridgehead atoms. The minimum absolute atomic E-state index is 0.0303. The lowest BCUT2D eigenvalue weighted by Crippen LogP contribution is -2.28. The fourth-order valence-corrected chi connectivity index (χ4v) is 3.46. The lowest BCUT2D eigenvalue weighted by atomic mass is 10.1. The summed E-state index contributed by atoms with van der Waals surface area (Å²) >= 11 is 1.24. The number of aliphatic hydroxyl groups is 1. The summed E-state index contributed by atoms with van der Waals surface area (Å²) in [5.41, 5.74) is 0.614. The molecule has 0 spiro atoms. The third kappa shape index (κ3) is 2.63. The summed E-state index contributed by atoms with van der Waals surface area (Å²) in [5, 5.41) is 13.0. The molecule has 4 nitrogen and oxygen atoms in total. The van der Waals surface area contributed by atoms with Gasteiger partial charge in [-0.3, -0.25) is 4.79 Å². The summed E-state index contributed by atoms with van der Waals surface area (Å²) in [7, 11) is 0. The lowest BCUT2D eigenvalue weighted by Gasteiger charge is -2.09. The van der Waals surface area contributed by atoms with Crippen molar-refractivity contribution in [1.29, 1.82) is 0 Å². The zero-order valence-electron chi connectivity index (χ0n) is 11.8. The van der Waals surface area contributed by atoms with Crippen LogP contribution >= 0.6 is 11.3 Å². The van der Waals surface area contributed by atoms with Gasteiger partial charge in [-0.25, -0.2) is 4.39 Å². The quantitative estimate of drug-likeness (QED) is 0.774. The van der Waals surface area contributed by atoms with Gasteiger partial charge in [-0.1, -0.05) is 6.07 Å². The van der Waals surface area contributed by atoms with Crippen LogP contribution in [0.2, 0.25) is 0 Å². The van der Waals surface area contributed by atoms with Gasteiger partial charge < -0.3 is 14.8 Å². The van der Waals surface area contributed by atoms with Crippen molar-refractivity contribution in [2.45, 2.75) is 13.0 Å². The Kier molecular flexibility index (Phi) is 3.96. The molecule has 1 aromatic carbocycles. The molecule has 22 heavy (non-hydrogen) atoms. The van der Waals surface area contributed by atoms with Crippen LogP contribution < -0.4 is 5.32 Å². The molecule has 3 rings (SSSR count). The summed E-state index contributed by atoms with van der Waals surface area (Å²) in [6.45, 7) is 1.75. The average molecular weight is 319 g/mol. The molecule has 6 heteroatoms. The molecular formula is C16H14FNO3S. The van der Waals surface area contributed by atoms with Crippen LogP contribution in [0.5, 0.6) is 0 Å². The molecule has 0 radical (unpaired) electrons. The number of nitrogens with one attached hydrogen (secondary N) is 1. The maximum absolute atomic E-state index is 13.8. The van der Waals surface area contributed by atoms with Crippen molar-refractivity contribution < 1.29 is 18.7 Å². The number of thiophene rings is 1. The van der Waals surface area contributed by atoms with Gasteiger partial charge in [0, 0.05) is 10.1 Å². The first-order chi connectivity index (χ1) is 10.6. The first-order valence-electron chi connectivity index (χ1n) is 6.75. The predicted molar refractivity (Wildman–Crippen MR) is 82.5 cm³/mol. The van der Waals surface area contributed by atoms with Crippen molar-refractivity contribution in [1.82, 2.24) is 5.32 Å². The molecule has 1 amide bonds. The molecule has 0 saturated heterocycles. The Labute approximate surface area is 130 Å². The van der Waals surface area contributed by atoms with Crippen LogP contribution in [-0.4, -0.2) is 17.6 Å². The van der Waals surface area contributed by atoms with E-state index in [9.17, 15) is 14.3 Å². The van der Waals surface area contributed by atoms with Gasteiger partial charge in [0.2, 0.25) is 0 Å². The first kappa shape index (κ1) is 14.7. The zero-order valence-corrected chi connectivity index (χ0v) is 12.6. The fourth-order valence-electron chi connectivity index (χ4n) is 2.32. The van der Waals surface area contributed by atoms with Gasteiger partial charge in [0.15, 0.2) is 0 Å². The van der Waals surface area contributed by atoms with Gasteiger partial charge in [-0.15, -0.1) is 11.3 Å². The lowest BCUT2D eigenvalue weighted by molar-refractivity contribution is 0.0904. The van der Waals surface area contributed by atoms with Crippen LogP contribution in [0.15, 0.2) is 41.0 Å². The Balaban J connectivity index is 1.78. The van der Waals surface area contributed by atoms with E-state index < -0.39 is 6.10 Å². The maximum Gasteiger partial charge on any atom is 0.261 e. The SMILES string of the molecule is Cc1c(C(=O)NCC(O)c2ccco2)sc2cccc(F)c12. The number of halogens is 1. The van der Waals surface area contributed by atoms with Crippen LogP contribution in [0, 0.1) is 12.7 Å². The van der Waals surface area contributed by atoms with E-state index in [1.54, 1.807) is 31.2 Å². The van der Waals surface area contributed by atoms with E-state index in [4.69, 9.17) is 4.42 Å². The van der Waals surface area contributed by atoms with E-state index in [0.717, 1.165) is 4.70 Å². The van der Waals surface area contributed by atoms with Crippen LogP contribution in [0.1, 0.15) is 27.1 Å². The fraction of sp³-hybridized carbons (Fsp3) is 0.188. The molecule has 0 fully saturated rings. The molecule has 0 aliphatic heterocycles. The number of carbonyl (C=O) groups excluding carboxylic acids is 1. The summed E-state index contributed by atoms with van der Waals surface area (Å²) in [6.07, 6.45) is 0.546. The molecule has 1 atom stereocenters. The molecule has 2 heterocycles. The Hall–Kier alpha value is -2.18. The van der Waals surface area contributed by atoms with Crippen molar-refractivity contribution in [2.24, 2.45) is 0 Å². The average Bonchev–Trinajstić information content (AvgIpc) is 3.13. The minimum atomic E-state index is -0.912. The Morgan fingerprint density at radius 1 is 1.41 bits per heavy atom. The second kappa shape index (κ2) is 5.90. The number of carbonyl (C=O) groups is 1. The number of aliphatic hydroxyl groups excluding tert-OH is 1. The molecule has 3 aromatic rings. The van der Waals surface area contributed by atoms with Crippen molar-refractivity contribution in [3.63, 3.8) is 0 Å². The normalized spacial score (nSPS) is 12.5. The topological polar surface area (TPSA) is 62.5 Å². The van der Waals surface area contributed by atoms with Crippen molar-refractivity contribution >= 4 is 27.3 Å². The third-order valence-corrected chi connectivity index (χ3v) is 4.69. The summed E-state index contributed by atoms with van der Waals surface area (Å²) < 4.78 is 19.6. The first-order valence-corrected chi connectivity index (χ1v) is 7.57. The number of hydrogen-bond donors (Lipinski definition) is 2. The van der Waals surface area contributed by atoms with E-state index in [1.165, 1.54) is 23.7 Å². The third-order valence-electron chi connectivity index (χ3n) is 3.44. The standard InChI is InChI=1S/C16H14FNO3S/c1-9-14-10(17)4-2-6-13(14)22-15(9)16(20)18-8-11(19)12-5-3-7-21-12/h2-7,11,19H,8H2,1H3,(H,18,20). The smallest absolute Gasteiger partial charge is 0.261 e. The van der Waals surface area contributed by atoms with Crippen LogP contribution in [0.3, 0.4) is 0 Å². The predicted octanol–water partition coefficient (Wildman–Crippen LogP) is 3.41. The summed E-state index contributed by atoms with van der Waals surface area (Å²) in [4.78, 5) is 12.7. The Morgan fingerprint density at radius 3 is 2.91 bits per heavy atom. The monoisotopic (exact) mass is 319 g/mol. The number of rotatable bonds is 4. The molecule has 2 N–H and O–H groups in total. The van der Waals surface area contributed by atoms with E-state index >= 15 is 0 Å². The second-order valence-electron chi connectivity index (χ2n) is 4.91. The van der Waals surface area contributed by atoms with Gasteiger partial charge in [0.05, 0.1) is 17.7 Å². The number of aryl methyl sites for hydroxylation is 1. The minimum Gasteiger partial charge on any atom is -0.467 e. The van der Waals surface area contributed by atoms with E-state index in [-0.39, 0.29) is 18.3 Å². The number of amides is 1. The highest BCUT2D eigenvalue weighted by molar-refractivity contribution is 7.21. The number of furan rings is 1. The van der Waals surface area contributed by atoms with E-state index in [1.807, 2.05) is 0 Å². The molecular weight excluding hydrogens is 305 g/mol. The molecule has 0 saturated carbocycles. The van der Waals surface area contributed by atoms with Gasteiger partial charge in [0.1, 0.15) is 17.7 Å². The van der Waals surface area contributed by atoms with Gasteiger partial charge >= 0.3 is 0 Å². The molecule has 0 aliphatic carbocycles. The molecule has 114 valence electrons. The van der Waals surface area contributed by atoms with E-state index in [0.29, 0.717) is 21.6 Å².